The minimum Gasteiger partial charge on any atom is -0.507 e. The monoisotopic (exact) mass is 253 g/mol. The zero-order valence-electron chi connectivity index (χ0n) is 9.93. The number of amides is 1. The molecule has 0 radical (unpaired) electrons. The van der Waals surface area contributed by atoms with Crippen LogP contribution in [0.5, 0.6) is 5.75 Å². The smallest absolute Gasteiger partial charge is 0.339 e. The van der Waals surface area contributed by atoms with E-state index >= 15 is 0 Å². The number of hydrogen-bond acceptors (Lipinski definition) is 4. The SMILES string of the molecule is CC(=O)Nc1ccc(C(=O)O)c(O)c1CCCO. The lowest BCUT2D eigenvalue weighted by molar-refractivity contribution is -0.114. The van der Waals surface area contributed by atoms with Crippen molar-refractivity contribution in [2.24, 2.45) is 0 Å². The van der Waals surface area contributed by atoms with Crippen molar-refractivity contribution < 1.29 is 24.9 Å². The number of anilines is 1. The fourth-order valence-electron chi connectivity index (χ4n) is 1.62. The molecule has 0 unspecified atom stereocenters. The van der Waals surface area contributed by atoms with Crippen LogP contribution >= 0.6 is 0 Å². The van der Waals surface area contributed by atoms with Gasteiger partial charge in [0.1, 0.15) is 11.3 Å². The number of nitrogens with one attached hydrogen (secondary N) is 1. The summed E-state index contributed by atoms with van der Waals surface area (Å²) in [7, 11) is 0. The fraction of sp³-hybridized carbons (Fsp3) is 0.333. The predicted molar refractivity (Wildman–Crippen MR) is 64.8 cm³/mol. The molecule has 0 spiro atoms. The normalized spacial score (nSPS) is 10.1. The van der Waals surface area contributed by atoms with Gasteiger partial charge in [-0.25, -0.2) is 4.79 Å². The van der Waals surface area contributed by atoms with Crippen LogP contribution in [0.25, 0.3) is 0 Å². The maximum atomic E-state index is 11.0. The summed E-state index contributed by atoms with van der Waals surface area (Å²) in [5.74, 6) is -1.93. The van der Waals surface area contributed by atoms with Crippen LogP contribution in [0.3, 0.4) is 0 Å². The lowest BCUT2D eigenvalue weighted by Crippen LogP contribution is -2.10. The number of aromatic carboxylic acids is 1. The molecule has 1 amide bonds. The van der Waals surface area contributed by atoms with Crippen molar-refractivity contribution in [3.05, 3.63) is 23.3 Å². The van der Waals surface area contributed by atoms with Gasteiger partial charge in [-0.3, -0.25) is 4.79 Å². The molecule has 0 aromatic heterocycles. The summed E-state index contributed by atoms with van der Waals surface area (Å²) < 4.78 is 0. The van der Waals surface area contributed by atoms with Crippen LogP contribution in [0.4, 0.5) is 5.69 Å². The van der Waals surface area contributed by atoms with E-state index < -0.39 is 5.97 Å². The molecule has 0 aliphatic carbocycles. The first-order valence-corrected chi connectivity index (χ1v) is 5.44. The summed E-state index contributed by atoms with van der Waals surface area (Å²) in [6, 6.07) is 2.66. The van der Waals surface area contributed by atoms with Gasteiger partial charge in [-0.05, 0) is 25.0 Å². The van der Waals surface area contributed by atoms with Crippen molar-refractivity contribution in [2.45, 2.75) is 19.8 Å². The molecule has 0 heterocycles. The van der Waals surface area contributed by atoms with Gasteiger partial charge in [-0.15, -0.1) is 0 Å². The van der Waals surface area contributed by atoms with E-state index in [0.29, 0.717) is 17.7 Å². The van der Waals surface area contributed by atoms with Crippen molar-refractivity contribution in [3.8, 4) is 5.75 Å². The first kappa shape index (κ1) is 14.0. The van der Waals surface area contributed by atoms with E-state index in [1.54, 1.807) is 0 Å². The highest BCUT2D eigenvalue weighted by molar-refractivity contribution is 5.95. The van der Waals surface area contributed by atoms with Gasteiger partial charge in [0.2, 0.25) is 5.91 Å². The van der Waals surface area contributed by atoms with Crippen LogP contribution in [0.2, 0.25) is 0 Å². The molecular formula is C12H15NO5. The van der Waals surface area contributed by atoms with E-state index in [-0.39, 0.29) is 30.2 Å². The van der Waals surface area contributed by atoms with E-state index in [0.717, 1.165) is 0 Å². The Hall–Kier alpha value is -2.08. The van der Waals surface area contributed by atoms with Crippen LogP contribution in [0, 0.1) is 0 Å². The second kappa shape index (κ2) is 6.02. The summed E-state index contributed by atoms with van der Waals surface area (Å²) >= 11 is 0. The molecule has 6 nitrogen and oxygen atoms in total. The highest BCUT2D eigenvalue weighted by Crippen LogP contribution is 2.31. The van der Waals surface area contributed by atoms with Crippen molar-refractivity contribution in [3.63, 3.8) is 0 Å². The zero-order chi connectivity index (χ0) is 13.7. The molecule has 0 saturated carbocycles. The number of rotatable bonds is 5. The Morgan fingerprint density at radius 3 is 2.50 bits per heavy atom. The van der Waals surface area contributed by atoms with Crippen LogP contribution in [0.1, 0.15) is 29.3 Å². The number of carboxylic acids is 1. The quantitative estimate of drug-likeness (QED) is 0.625. The summed E-state index contributed by atoms with van der Waals surface area (Å²) in [4.78, 5) is 21.9. The van der Waals surface area contributed by atoms with E-state index in [9.17, 15) is 14.7 Å². The van der Waals surface area contributed by atoms with Gasteiger partial charge < -0.3 is 20.6 Å². The Morgan fingerprint density at radius 1 is 1.33 bits per heavy atom. The highest BCUT2D eigenvalue weighted by Gasteiger charge is 2.17. The first-order chi connectivity index (χ1) is 8.47. The van der Waals surface area contributed by atoms with Crippen molar-refractivity contribution in [1.82, 2.24) is 0 Å². The molecular weight excluding hydrogens is 238 g/mol. The average molecular weight is 253 g/mol. The van der Waals surface area contributed by atoms with E-state index in [1.807, 2.05) is 0 Å². The Balaban J connectivity index is 3.22. The molecule has 0 saturated heterocycles. The van der Waals surface area contributed by atoms with Gasteiger partial charge in [0.25, 0.3) is 0 Å². The second-order valence-electron chi connectivity index (χ2n) is 3.80. The molecule has 0 aliphatic rings. The first-order valence-electron chi connectivity index (χ1n) is 5.44. The van der Waals surface area contributed by atoms with Crippen molar-refractivity contribution in [1.29, 1.82) is 0 Å². The minimum atomic E-state index is -1.24. The molecule has 0 aliphatic heterocycles. The average Bonchev–Trinajstić information content (AvgIpc) is 2.27. The Kier molecular flexibility index (Phi) is 4.67. The second-order valence-corrected chi connectivity index (χ2v) is 3.80. The molecule has 18 heavy (non-hydrogen) atoms. The number of aliphatic hydroxyl groups is 1. The molecule has 6 heteroatoms. The third kappa shape index (κ3) is 3.21. The summed E-state index contributed by atoms with van der Waals surface area (Å²) in [6.45, 7) is 1.23. The standard InChI is InChI=1S/C12H15NO5/c1-7(15)13-10-5-4-9(12(17)18)11(16)8(10)3-2-6-14/h4-5,14,16H,2-3,6H2,1H3,(H,13,15)(H,17,18). The summed E-state index contributed by atoms with van der Waals surface area (Å²) in [6.07, 6.45) is 0.641. The van der Waals surface area contributed by atoms with Gasteiger partial charge in [0.15, 0.2) is 0 Å². The van der Waals surface area contributed by atoms with Gasteiger partial charge in [-0.2, -0.15) is 0 Å². The number of carbonyl (C=O) groups excluding carboxylic acids is 1. The highest BCUT2D eigenvalue weighted by atomic mass is 16.4. The molecule has 0 fully saturated rings. The maximum absolute atomic E-state index is 11.0. The van der Waals surface area contributed by atoms with E-state index in [1.165, 1.54) is 19.1 Å². The third-order valence-corrected chi connectivity index (χ3v) is 2.41. The predicted octanol–water partition coefficient (Wildman–Crippen LogP) is 0.974. The van der Waals surface area contributed by atoms with Crippen molar-refractivity contribution in [2.75, 3.05) is 11.9 Å². The van der Waals surface area contributed by atoms with Gasteiger partial charge in [0, 0.05) is 24.8 Å². The largest absolute Gasteiger partial charge is 0.507 e. The zero-order valence-corrected chi connectivity index (χ0v) is 9.93. The number of benzene rings is 1. The molecule has 4 N–H and O–H groups in total. The number of phenols is 1. The van der Waals surface area contributed by atoms with E-state index in [2.05, 4.69) is 5.32 Å². The molecule has 1 aromatic rings. The molecule has 1 aromatic carbocycles. The van der Waals surface area contributed by atoms with Crippen molar-refractivity contribution >= 4 is 17.6 Å². The summed E-state index contributed by atoms with van der Waals surface area (Å²) in [5.41, 5.74) is 0.453. The van der Waals surface area contributed by atoms with Crippen LogP contribution in [-0.2, 0) is 11.2 Å². The Labute approximate surface area is 104 Å². The lowest BCUT2D eigenvalue weighted by Gasteiger charge is -2.13. The maximum Gasteiger partial charge on any atom is 0.339 e. The molecule has 1 rings (SSSR count). The molecule has 98 valence electrons. The number of aliphatic hydroxyl groups excluding tert-OH is 1. The summed E-state index contributed by atoms with van der Waals surface area (Å²) in [5, 5.41) is 30.1. The number of hydrogen-bond donors (Lipinski definition) is 4. The van der Waals surface area contributed by atoms with Gasteiger partial charge in [0.05, 0.1) is 0 Å². The van der Waals surface area contributed by atoms with Gasteiger partial charge >= 0.3 is 5.97 Å². The van der Waals surface area contributed by atoms with E-state index in [4.69, 9.17) is 10.2 Å². The number of aromatic hydroxyl groups is 1. The van der Waals surface area contributed by atoms with Crippen LogP contribution < -0.4 is 5.32 Å². The third-order valence-electron chi connectivity index (χ3n) is 2.41. The number of carboxylic acid groups (broad SMARTS) is 1. The number of carbonyl (C=O) groups is 2. The molecule has 0 atom stereocenters. The lowest BCUT2D eigenvalue weighted by atomic mass is 10.0. The fourth-order valence-corrected chi connectivity index (χ4v) is 1.62. The van der Waals surface area contributed by atoms with Crippen LogP contribution in [0.15, 0.2) is 12.1 Å². The van der Waals surface area contributed by atoms with Crippen LogP contribution in [-0.4, -0.2) is 33.8 Å². The molecule has 0 bridgehead atoms. The minimum absolute atomic E-state index is 0.0871. The Bertz CT molecular complexity index is 470. The topological polar surface area (TPSA) is 107 Å². The Morgan fingerprint density at radius 2 is 2.00 bits per heavy atom. The van der Waals surface area contributed by atoms with Gasteiger partial charge in [-0.1, -0.05) is 0 Å².